The molecule has 7 rings (SSSR count). The van der Waals surface area contributed by atoms with Crippen molar-refractivity contribution >= 4 is 16.7 Å². The zero-order chi connectivity index (χ0) is 27.4. The summed E-state index contributed by atoms with van der Waals surface area (Å²) in [7, 11) is 0. The number of benzene rings is 1. The van der Waals surface area contributed by atoms with Crippen molar-refractivity contribution in [3.63, 3.8) is 0 Å². The molecule has 1 aliphatic carbocycles. The summed E-state index contributed by atoms with van der Waals surface area (Å²) in [6, 6.07) is 7.04. The Bertz CT molecular complexity index is 1580. The van der Waals surface area contributed by atoms with E-state index in [0.717, 1.165) is 26.2 Å². The first-order chi connectivity index (χ1) is 19.5. The second-order valence-electron chi connectivity index (χ2n) is 10.6. The molecule has 0 radical (unpaired) electrons. The van der Waals surface area contributed by atoms with Crippen molar-refractivity contribution in [1.29, 1.82) is 0 Å². The fourth-order valence-corrected chi connectivity index (χ4v) is 5.73. The zero-order valence-corrected chi connectivity index (χ0v) is 21.7. The summed E-state index contributed by atoms with van der Waals surface area (Å²) in [5.41, 5.74) is 2.29. The van der Waals surface area contributed by atoms with Crippen molar-refractivity contribution in [2.24, 2.45) is 0 Å². The third-order valence-corrected chi connectivity index (χ3v) is 8.28. The number of imidazole rings is 1. The maximum absolute atomic E-state index is 15.6. The van der Waals surface area contributed by atoms with Gasteiger partial charge in [0.15, 0.2) is 0 Å². The molecule has 0 N–H and O–H groups in total. The highest BCUT2D eigenvalue weighted by Gasteiger charge is 2.31. The normalized spacial score (nSPS) is 18.9. The SMILES string of the molecule is O=c1n(Cc2ccc(-c3nnc(C(F)F)o3)cn2)c2cc(F)c(N3CCN(C4CCC4)CC3)cc2n1C1COC1. The van der Waals surface area contributed by atoms with Gasteiger partial charge in [0.05, 0.1) is 53.8 Å². The number of alkyl halides is 2. The molecule has 3 fully saturated rings. The summed E-state index contributed by atoms with van der Waals surface area (Å²) < 4.78 is 54.7. The van der Waals surface area contributed by atoms with Crippen LogP contribution in [0.3, 0.4) is 0 Å². The Labute approximate surface area is 227 Å². The summed E-state index contributed by atoms with van der Waals surface area (Å²) >= 11 is 0. The Morgan fingerprint density at radius 2 is 1.80 bits per heavy atom. The molecule has 3 aromatic heterocycles. The molecule has 40 heavy (non-hydrogen) atoms. The van der Waals surface area contributed by atoms with Crippen LogP contribution >= 0.6 is 0 Å². The van der Waals surface area contributed by atoms with Crippen molar-refractivity contribution in [3.8, 4) is 11.5 Å². The van der Waals surface area contributed by atoms with Gasteiger partial charge in [0.2, 0.25) is 5.89 Å². The van der Waals surface area contributed by atoms with Gasteiger partial charge in [-0.25, -0.2) is 9.18 Å². The zero-order valence-electron chi connectivity index (χ0n) is 21.7. The average Bonchev–Trinajstić information content (AvgIpc) is 3.48. The Balaban J connectivity index is 1.19. The van der Waals surface area contributed by atoms with Crippen molar-refractivity contribution in [2.45, 2.75) is 44.3 Å². The van der Waals surface area contributed by atoms with Gasteiger partial charge in [0.1, 0.15) is 5.82 Å². The number of nitrogens with zero attached hydrogens (tertiary/aromatic N) is 7. The molecule has 10 nitrogen and oxygen atoms in total. The number of aromatic nitrogens is 5. The number of halogens is 3. The number of fused-ring (bicyclic) bond motifs is 1. The van der Waals surface area contributed by atoms with Crippen LogP contribution in [0, 0.1) is 5.82 Å². The van der Waals surface area contributed by atoms with Crippen molar-refractivity contribution < 1.29 is 22.3 Å². The van der Waals surface area contributed by atoms with Gasteiger partial charge in [0, 0.05) is 44.5 Å². The topological polar surface area (TPSA) is 94.5 Å². The Kier molecular flexibility index (Phi) is 6.34. The fourth-order valence-electron chi connectivity index (χ4n) is 5.73. The molecule has 5 heterocycles. The van der Waals surface area contributed by atoms with Gasteiger partial charge < -0.3 is 14.1 Å². The molecular weight excluding hydrogens is 527 g/mol. The summed E-state index contributed by atoms with van der Waals surface area (Å²) in [6.07, 6.45) is 2.34. The first-order valence-corrected chi connectivity index (χ1v) is 13.5. The summed E-state index contributed by atoms with van der Waals surface area (Å²) in [5, 5.41) is 6.97. The standard InChI is InChI=1S/C27H28F3N7O3/c28-20-10-22-23(11-21(20)35-8-6-34(7-9-35)18-2-1-3-18)37(19-14-39-15-19)27(38)36(22)13-17-5-4-16(12-31-17)25-32-33-26(40-25)24(29)30/h4-5,10-12,18-19,24H,1-3,6-9,13-15H2. The second kappa shape index (κ2) is 10.0. The molecule has 13 heteroatoms. The smallest absolute Gasteiger partial charge is 0.329 e. The molecule has 0 atom stereocenters. The third kappa shape index (κ3) is 4.37. The van der Waals surface area contributed by atoms with E-state index in [1.807, 2.05) is 0 Å². The highest BCUT2D eigenvalue weighted by atomic mass is 19.3. The molecule has 4 aromatic rings. The fraction of sp³-hybridized carbons (Fsp3) is 0.481. The van der Waals surface area contributed by atoms with Gasteiger partial charge in [0.25, 0.3) is 5.89 Å². The number of hydrogen-bond donors (Lipinski definition) is 0. The van der Waals surface area contributed by atoms with E-state index in [1.54, 1.807) is 22.8 Å². The minimum Gasteiger partial charge on any atom is -0.415 e. The molecule has 2 aliphatic heterocycles. The van der Waals surface area contributed by atoms with Gasteiger partial charge in [-0.3, -0.25) is 19.0 Å². The monoisotopic (exact) mass is 555 g/mol. The Hall–Kier alpha value is -3.71. The van der Waals surface area contributed by atoms with Gasteiger partial charge in [-0.05, 0) is 31.0 Å². The number of hydrogen-bond acceptors (Lipinski definition) is 8. The highest BCUT2D eigenvalue weighted by molar-refractivity contribution is 5.81. The number of piperazine rings is 1. The molecule has 210 valence electrons. The van der Waals surface area contributed by atoms with E-state index in [2.05, 4.69) is 25.0 Å². The second-order valence-corrected chi connectivity index (χ2v) is 10.6. The lowest BCUT2D eigenvalue weighted by atomic mass is 9.91. The van der Waals surface area contributed by atoms with E-state index in [1.165, 1.54) is 36.1 Å². The maximum atomic E-state index is 15.6. The molecule has 0 unspecified atom stereocenters. The average molecular weight is 556 g/mol. The molecule has 0 bridgehead atoms. The highest BCUT2D eigenvalue weighted by Crippen LogP contribution is 2.32. The van der Waals surface area contributed by atoms with Gasteiger partial charge in [-0.2, -0.15) is 8.78 Å². The first-order valence-electron chi connectivity index (χ1n) is 13.5. The quantitative estimate of drug-likeness (QED) is 0.342. The first kappa shape index (κ1) is 25.3. The molecule has 1 aromatic carbocycles. The van der Waals surface area contributed by atoms with Crippen LogP contribution in [0.1, 0.15) is 43.3 Å². The molecule has 0 amide bonds. The van der Waals surface area contributed by atoms with Crippen LogP contribution in [-0.2, 0) is 11.3 Å². The van der Waals surface area contributed by atoms with Gasteiger partial charge >= 0.3 is 12.1 Å². The summed E-state index contributed by atoms with van der Waals surface area (Å²) in [5.74, 6) is -1.20. The number of anilines is 1. The van der Waals surface area contributed by atoms with E-state index in [-0.39, 0.29) is 30.0 Å². The van der Waals surface area contributed by atoms with Crippen LogP contribution in [0.15, 0.2) is 39.7 Å². The van der Waals surface area contributed by atoms with Crippen molar-refractivity contribution in [3.05, 3.63) is 58.3 Å². The lowest BCUT2D eigenvalue weighted by Crippen LogP contribution is -2.52. The van der Waals surface area contributed by atoms with Crippen LogP contribution in [0.5, 0.6) is 0 Å². The van der Waals surface area contributed by atoms with Crippen LogP contribution in [-0.4, -0.2) is 74.7 Å². The Morgan fingerprint density at radius 3 is 2.40 bits per heavy atom. The molecule has 1 saturated carbocycles. The number of rotatable bonds is 7. The summed E-state index contributed by atoms with van der Waals surface area (Å²) in [6.45, 7) is 4.23. The van der Waals surface area contributed by atoms with Gasteiger partial charge in [-0.1, -0.05) is 6.42 Å². The van der Waals surface area contributed by atoms with Crippen molar-refractivity contribution in [2.75, 3.05) is 44.3 Å². The number of pyridine rings is 1. The summed E-state index contributed by atoms with van der Waals surface area (Å²) in [4.78, 5) is 22.6. The van der Waals surface area contributed by atoms with Crippen LogP contribution in [0.4, 0.5) is 18.9 Å². The molecule has 3 aliphatic rings. The van der Waals surface area contributed by atoms with E-state index in [4.69, 9.17) is 9.15 Å². The van der Waals surface area contributed by atoms with Crippen molar-refractivity contribution in [1.82, 2.24) is 29.2 Å². The van der Waals surface area contributed by atoms with E-state index < -0.39 is 12.3 Å². The van der Waals surface area contributed by atoms with Gasteiger partial charge in [-0.15, -0.1) is 10.2 Å². The molecule has 0 spiro atoms. The van der Waals surface area contributed by atoms with E-state index >= 15 is 4.39 Å². The molecular formula is C27H28F3N7O3. The largest absolute Gasteiger partial charge is 0.415 e. The number of ether oxygens (including phenoxy) is 1. The predicted octanol–water partition coefficient (Wildman–Crippen LogP) is 3.62. The third-order valence-electron chi connectivity index (χ3n) is 8.28. The van der Waals surface area contributed by atoms with Crippen LogP contribution in [0.2, 0.25) is 0 Å². The maximum Gasteiger partial charge on any atom is 0.329 e. The molecule has 2 saturated heterocycles. The van der Waals surface area contributed by atoms with E-state index in [9.17, 15) is 13.6 Å². The van der Waals surface area contributed by atoms with Crippen LogP contribution in [0.25, 0.3) is 22.5 Å². The van der Waals surface area contributed by atoms with Crippen LogP contribution < -0.4 is 10.6 Å². The minimum atomic E-state index is -2.86. The Morgan fingerprint density at radius 1 is 1.00 bits per heavy atom. The lowest BCUT2D eigenvalue weighted by Gasteiger charge is -2.43. The lowest BCUT2D eigenvalue weighted by molar-refractivity contribution is -0.0231. The predicted molar refractivity (Wildman–Crippen MR) is 139 cm³/mol. The van der Waals surface area contributed by atoms with E-state index in [0.29, 0.717) is 47.2 Å². The minimum absolute atomic E-state index is 0.0729.